The molecule has 1 N–H and O–H groups in total. The maximum atomic E-state index is 12.8. The Morgan fingerprint density at radius 1 is 0.970 bits per heavy atom. The maximum absolute atomic E-state index is 12.8. The number of nitrogens with zero attached hydrogens (tertiary/aromatic N) is 1. The Labute approximate surface area is 205 Å². The van der Waals surface area contributed by atoms with Gasteiger partial charge in [0.25, 0.3) is 5.91 Å². The van der Waals surface area contributed by atoms with E-state index in [1.807, 2.05) is 38.1 Å². The van der Waals surface area contributed by atoms with Crippen molar-refractivity contribution in [1.29, 1.82) is 0 Å². The third-order valence-corrected chi connectivity index (χ3v) is 6.85. The van der Waals surface area contributed by atoms with Crippen LogP contribution in [0.4, 0.5) is 5.69 Å². The van der Waals surface area contributed by atoms with Crippen LogP contribution in [0.2, 0.25) is 10.0 Å². The van der Waals surface area contributed by atoms with Gasteiger partial charge in [-0.3, -0.25) is 9.10 Å². The molecule has 0 aliphatic rings. The highest BCUT2D eigenvalue weighted by Crippen LogP contribution is 2.28. The van der Waals surface area contributed by atoms with Crippen molar-refractivity contribution in [2.75, 3.05) is 10.6 Å². The molecule has 5 nitrogen and oxygen atoms in total. The number of aryl methyl sites for hydroxylation is 1. The number of nitrogens with one attached hydrogen (secondary N) is 1. The molecule has 0 aliphatic heterocycles. The van der Waals surface area contributed by atoms with Gasteiger partial charge in [-0.15, -0.1) is 0 Å². The Bertz CT molecular complexity index is 1210. The summed E-state index contributed by atoms with van der Waals surface area (Å²) in [6.45, 7) is 4.13. The normalized spacial score (nSPS) is 12.3. The minimum atomic E-state index is -3.59. The minimum Gasteiger partial charge on any atom is -0.345 e. The molecule has 1 amide bonds. The zero-order chi connectivity index (χ0) is 24.2. The number of benzene rings is 3. The maximum Gasteiger partial charge on any atom is 0.251 e. The van der Waals surface area contributed by atoms with Crippen molar-refractivity contribution >= 4 is 44.8 Å². The van der Waals surface area contributed by atoms with E-state index < -0.39 is 10.0 Å². The van der Waals surface area contributed by atoms with Gasteiger partial charge >= 0.3 is 0 Å². The first kappa shape index (κ1) is 25.1. The molecule has 1 unspecified atom stereocenters. The van der Waals surface area contributed by atoms with E-state index in [0.717, 1.165) is 23.8 Å². The average molecular weight is 505 g/mol. The van der Waals surface area contributed by atoms with E-state index in [4.69, 9.17) is 23.2 Å². The highest BCUT2D eigenvalue weighted by atomic mass is 35.5. The first-order chi connectivity index (χ1) is 15.6. The number of rotatable bonds is 8. The largest absolute Gasteiger partial charge is 0.345 e. The molecular formula is C25H26Cl2N2O3S. The highest BCUT2D eigenvalue weighted by Gasteiger charge is 2.20. The van der Waals surface area contributed by atoms with E-state index in [1.165, 1.54) is 9.87 Å². The molecule has 8 heteroatoms. The Hall–Kier alpha value is -2.54. The smallest absolute Gasteiger partial charge is 0.251 e. The lowest BCUT2D eigenvalue weighted by molar-refractivity contribution is 0.0935. The van der Waals surface area contributed by atoms with Crippen molar-refractivity contribution in [3.8, 4) is 0 Å². The van der Waals surface area contributed by atoms with Gasteiger partial charge in [0.1, 0.15) is 0 Å². The molecule has 0 spiro atoms. The summed E-state index contributed by atoms with van der Waals surface area (Å²) in [4.78, 5) is 12.8. The lowest BCUT2D eigenvalue weighted by Crippen LogP contribution is -2.29. The SMILES string of the molecule is CCC(NC(=O)c1ccc(CN(c2cc(Cl)cc(Cl)c2)S(C)(=O)=O)cc1)c1ccc(C)cc1. The molecule has 0 bridgehead atoms. The summed E-state index contributed by atoms with van der Waals surface area (Å²) in [5.74, 6) is -0.185. The summed E-state index contributed by atoms with van der Waals surface area (Å²) in [5.41, 5.74) is 3.82. The van der Waals surface area contributed by atoms with Crippen LogP contribution in [0, 0.1) is 6.92 Å². The van der Waals surface area contributed by atoms with E-state index in [2.05, 4.69) is 5.32 Å². The second kappa shape index (κ2) is 10.6. The number of halogens is 2. The van der Waals surface area contributed by atoms with Gasteiger partial charge in [-0.2, -0.15) is 0 Å². The molecule has 174 valence electrons. The standard InChI is InChI=1S/C25H26Cl2N2O3S/c1-4-24(19-9-5-17(2)6-10-19)28-25(30)20-11-7-18(8-12-20)16-29(33(3,31)32)23-14-21(26)13-22(27)15-23/h5-15,24H,4,16H2,1-3H3,(H,28,30). The molecule has 33 heavy (non-hydrogen) atoms. The first-order valence-corrected chi connectivity index (χ1v) is 13.1. The number of hydrogen-bond donors (Lipinski definition) is 1. The van der Waals surface area contributed by atoms with Gasteiger partial charge in [-0.05, 0) is 54.8 Å². The van der Waals surface area contributed by atoms with Crippen LogP contribution >= 0.6 is 23.2 Å². The summed E-state index contributed by atoms with van der Waals surface area (Å²) in [6.07, 6.45) is 1.89. The summed E-state index contributed by atoms with van der Waals surface area (Å²) in [5, 5.41) is 3.76. The molecule has 1 atom stereocenters. The predicted molar refractivity (Wildman–Crippen MR) is 136 cm³/mol. The van der Waals surface area contributed by atoms with Gasteiger partial charge in [0.2, 0.25) is 10.0 Å². The number of anilines is 1. The van der Waals surface area contributed by atoms with Gasteiger partial charge in [0, 0.05) is 15.6 Å². The lowest BCUT2D eigenvalue weighted by Gasteiger charge is -2.23. The molecular weight excluding hydrogens is 479 g/mol. The van der Waals surface area contributed by atoms with Crippen LogP contribution in [0.5, 0.6) is 0 Å². The number of sulfonamides is 1. The molecule has 0 heterocycles. The Morgan fingerprint density at radius 2 is 1.55 bits per heavy atom. The van der Waals surface area contributed by atoms with Crippen LogP contribution in [-0.4, -0.2) is 20.6 Å². The summed E-state index contributed by atoms with van der Waals surface area (Å²) in [7, 11) is -3.59. The molecule has 0 aromatic heterocycles. The highest BCUT2D eigenvalue weighted by molar-refractivity contribution is 7.92. The summed E-state index contributed by atoms with van der Waals surface area (Å²) >= 11 is 12.1. The topological polar surface area (TPSA) is 66.5 Å². The van der Waals surface area contributed by atoms with Crippen LogP contribution in [0.3, 0.4) is 0 Å². The van der Waals surface area contributed by atoms with Gasteiger partial charge in [0.05, 0.1) is 24.5 Å². The fourth-order valence-electron chi connectivity index (χ4n) is 3.47. The van der Waals surface area contributed by atoms with E-state index in [1.54, 1.807) is 42.5 Å². The van der Waals surface area contributed by atoms with Crippen LogP contribution in [-0.2, 0) is 16.6 Å². The number of amides is 1. The average Bonchev–Trinajstić information content (AvgIpc) is 2.75. The Kier molecular flexibility index (Phi) is 8.05. The van der Waals surface area contributed by atoms with E-state index in [9.17, 15) is 13.2 Å². The van der Waals surface area contributed by atoms with Crippen LogP contribution in [0.15, 0.2) is 66.7 Å². The molecule has 3 aromatic rings. The summed E-state index contributed by atoms with van der Waals surface area (Å²) < 4.78 is 26.1. The summed E-state index contributed by atoms with van der Waals surface area (Å²) in [6, 6.07) is 19.5. The second-order valence-corrected chi connectivity index (χ2v) is 10.7. The number of carbonyl (C=O) groups is 1. The fraction of sp³-hybridized carbons (Fsp3) is 0.240. The fourth-order valence-corrected chi connectivity index (χ4v) is 4.86. The molecule has 0 aliphatic carbocycles. The zero-order valence-corrected chi connectivity index (χ0v) is 21.0. The lowest BCUT2D eigenvalue weighted by atomic mass is 10.0. The molecule has 0 fully saturated rings. The van der Waals surface area contributed by atoms with Gasteiger partial charge in [-0.25, -0.2) is 8.42 Å². The van der Waals surface area contributed by atoms with Crippen molar-refractivity contribution < 1.29 is 13.2 Å². The molecule has 3 aromatic carbocycles. The molecule has 3 rings (SSSR count). The molecule has 0 saturated heterocycles. The van der Waals surface area contributed by atoms with Crippen molar-refractivity contribution in [2.24, 2.45) is 0 Å². The van der Waals surface area contributed by atoms with E-state index in [-0.39, 0.29) is 18.5 Å². The van der Waals surface area contributed by atoms with Gasteiger partial charge in [0.15, 0.2) is 0 Å². The molecule has 0 saturated carbocycles. The minimum absolute atomic E-state index is 0.0817. The zero-order valence-electron chi connectivity index (χ0n) is 18.7. The Morgan fingerprint density at radius 3 is 2.06 bits per heavy atom. The predicted octanol–water partition coefficient (Wildman–Crippen LogP) is 6.15. The van der Waals surface area contributed by atoms with Crippen LogP contribution in [0.25, 0.3) is 0 Å². The van der Waals surface area contributed by atoms with Crippen LogP contribution in [0.1, 0.15) is 46.4 Å². The molecule has 0 radical (unpaired) electrons. The van der Waals surface area contributed by atoms with Gasteiger partial charge < -0.3 is 5.32 Å². The van der Waals surface area contributed by atoms with Crippen molar-refractivity contribution in [1.82, 2.24) is 5.32 Å². The van der Waals surface area contributed by atoms with E-state index >= 15 is 0 Å². The third-order valence-electron chi connectivity index (χ3n) is 5.27. The van der Waals surface area contributed by atoms with Crippen molar-refractivity contribution in [3.63, 3.8) is 0 Å². The number of hydrogen-bond acceptors (Lipinski definition) is 3. The van der Waals surface area contributed by atoms with E-state index in [0.29, 0.717) is 21.3 Å². The number of carbonyl (C=O) groups excluding carboxylic acids is 1. The second-order valence-electron chi connectivity index (χ2n) is 7.94. The van der Waals surface area contributed by atoms with Gasteiger partial charge in [-0.1, -0.05) is 72.1 Å². The monoisotopic (exact) mass is 504 g/mol. The van der Waals surface area contributed by atoms with Crippen molar-refractivity contribution in [2.45, 2.75) is 32.9 Å². The van der Waals surface area contributed by atoms with Crippen molar-refractivity contribution in [3.05, 3.63) is 99.0 Å². The first-order valence-electron chi connectivity index (χ1n) is 10.5. The van der Waals surface area contributed by atoms with Crippen LogP contribution < -0.4 is 9.62 Å². The Balaban J connectivity index is 1.76. The quantitative estimate of drug-likeness (QED) is 0.400. The third kappa shape index (κ3) is 6.73.